The molecule has 0 bridgehead atoms. The van der Waals surface area contributed by atoms with E-state index < -0.39 is 0 Å². The third-order valence-corrected chi connectivity index (χ3v) is 2.29. The first kappa shape index (κ1) is 10.5. The Bertz CT molecular complexity index is 466. The fourth-order valence-electron chi connectivity index (χ4n) is 1.41. The quantitative estimate of drug-likeness (QED) is 0.825. The zero-order chi connectivity index (χ0) is 11.4. The van der Waals surface area contributed by atoms with Crippen molar-refractivity contribution >= 4 is 5.69 Å². The number of anilines is 1. The topological polar surface area (TPSA) is 45.1 Å². The Labute approximate surface area is 94.8 Å². The molecule has 0 fully saturated rings. The molecule has 1 aromatic heterocycles. The van der Waals surface area contributed by atoms with E-state index in [9.17, 15) is 5.11 Å². The highest BCUT2D eigenvalue weighted by Gasteiger charge is 1.96. The van der Waals surface area contributed by atoms with Crippen molar-refractivity contribution in [2.24, 2.45) is 0 Å². The molecule has 3 heteroatoms. The van der Waals surface area contributed by atoms with Gasteiger partial charge in [0, 0.05) is 18.0 Å². The van der Waals surface area contributed by atoms with Crippen molar-refractivity contribution < 1.29 is 5.11 Å². The van der Waals surface area contributed by atoms with Crippen LogP contribution in [0.1, 0.15) is 11.3 Å². The average Bonchev–Trinajstić information content (AvgIpc) is 2.28. The molecule has 0 aliphatic carbocycles. The lowest BCUT2D eigenvalue weighted by molar-refractivity contribution is 0.475. The number of nitrogens with zero attached hydrogens (tertiary/aromatic N) is 1. The van der Waals surface area contributed by atoms with E-state index in [1.807, 2.05) is 31.3 Å². The standard InChI is InChI=1S/C13H14N2O/c1-10-5-6-12(14-8-10)9-15-11-3-2-4-13(16)7-11/h2-8,15-16H,9H2,1H3. The van der Waals surface area contributed by atoms with Crippen LogP contribution < -0.4 is 5.32 Å². The molecule has 16 heavy (non-hydrogen) atoms. The van der Waals surface area contributed by atoms with E-state index >= 15 is 0 Å². The first-order chi connectivity index (χ1) is 7.74. The normalized spacial score (nSPS) is 10.1. The van der Waals surface area contributed by atoms with Crippen molar-refractivity contribution in [2.75, 3.05) is 5.32 Å². The summed E-state index contributed by atoms with van der Waals surface area (Å²) in [5.74, 6) is 0.266. The highest BCUT2D eigenvalue weighted by atomic mass is 16.3. The smallest absolute Gasteiger partial charge is 0.117 e. The lowest BCUT2D eigenvalue weighted by Crippen LogP contribution is -2.01. The van der Waals surface area contributed by atoms with Crippen molar-refractivity contribution in [1.82, 2.24) is 4.98 Å². The number of hydrogen-bond acceptors (Lipinski definition) is 3. The summed E-state index contributed by atoms with van der Waals surface area (Å²) in [6.07, 6.45) is 1.85. The van der Waals surface area contributed by atoms with Crippen LogP contribution in [0.3, 0.4) is 0 Å². The van der Waals surface area contributed by atoms with E-state index in [0.29, 0.717) is 6.54 Å². The summed E-state index contributed by atoms with van der Waals surface area (Å²) in [5, 5.41) is 12.5. The van der Waals surface area contributed by atoms with Gasteiger partial charge in [0.15, 0.2) is 0 Å². The van der Waals surface area contributed by atoms with Crippen LogP contribution in [0.4, 0.5) is 5.69 Å². The second-order valence-corrected chi connectivity index (χ2v) is 3.73. The number of aromatic nitrogens is 1. The molecule has 0 saturated carbocycles. The van der Waals surface area contributed by atoms with Crippen LogP contribution in [0, 0.1) is 6.92 Å². The first-order valence-electron chi connectivity index (χ1n) is 5.18. The molecule has 82 valence electrons. The molecule has 0 spiro atoms. The summed E-state index contributed by atoms with van der Waals surface area (Å²) in [6.45, 7) is 2.67. The van der Waals surface area contributed by atoms with Crippen LogP contribution in [-0.2, 0) is 6.54 Å². The number of aromatic hydroxyl groups is 1. The number of nitrogens with one attached hydrogen (secondary N) is 1. The molecule has 2 rings (SSSR count). The molecule has 0 aliphatic rings. The molecule has 0 unspecified atom stereocenters. The lowest BCUT2D eigenvalue weighted by atomic mass is 10.2. The lowest BCUT2D eigenvalue weighted by Gasteiger charge is -2.06. The van der Waals surface area contributed by atoms with Crippen LogP contribution >= 0.6 is 0 Å². The summed E-state index contributed by atoms with van der Waals surface area (Å²) in [7, 11) is 0. The number of aryl methyl sites for hydroxylation is 1. The number of pyridine rings is 1. The van der Waals surface area contributed by atoms with E-state index in [4.69, 9.17) is 0 Å². The minimum atomic E-state index is 0.266. The van der Waals surface area contributed by atoms with Crippen molar-refractivity contribution in [3.8, 4) is 5.75 Å². The van der Waals surface area contributed by atoms with Gasteiger partial charge in [-0.1, -0.05) is 12.1 Å². The van der Waals surface area contributed by atoms with Gasteiger partial charge in [-0.25, -0.2) is 0 Å². The van der Waals surface area contributed by atoms with Gasteiger partial charge >= 0.3 is 0 Å². The maximum absolute atomic E-state index is 9.29. The third kappa shape index (κ3) is 2.73. The fraction of sp³-hybridized carbons (Fsp3) is 0.154. The minimum Gasteiger partial charge on any atom is -0.508 e. The van der Waals surface area contributed by atoms with Crippen molar-refractivity contribution in [3.63, 3.8) is 0 Å². The molecule has 1 heterocycles. The molecule has 3 nitrogen and oxygen atoms in total. The van der Waals surface area contributed by atoms with E-state index in [-0.39, 0.29) is 5.75 Å². The van der Waals surface area contributed by atoms with E-state index in [1.165, 1.54) is 0 Å². The average molecular weight is 214 g/mol. The summed E-state index contributed by atoms with van der Waals surface area (Å²) in [6, 6.07) is 11.1. The second kappa shape index (κ2) is 4.66. The SMILES string of the molecule is Cc1ccc(CNc2cccc(O)c2)nc1. The molecular formula is C13H14N2O. The number of rotatable bonds is 3. The molecule has 0 amide bonds. The highest BCUT2D eigenvalue weighted by Crippen LogP contribution is 2.15. The van der Waals surface area contributed by atoms with Gasteiger partial charge in [0.2, 0.25) is 0 Å². The maximum atomic E-state index is 9.29. The van der Waals surface area contributed by atoms with Crippen molar-refractivity contribution in [3.05, 3.63) is 53.9 Å². The predicted molar refractivity (Wildman–Crippen MR) is 64.4 cm³/mol. The van der Waals surface area contributed by atoms with Gasteiger partial charge < -0.3 is 10.4 Å². The monoisotopic (exact) mass is 214 g/mol. The molecule has 0 aliphatic heterocycles. The Morgan fingerprint density at radius 3 is 2.81 bits per heavy atom. The summed E-state index contributed by atoms with van der Waals surface area (Å²) in [4.78, 5) is 4.29. The zero-order valence-electron chi connectivity index (χ0n) is 9.14. The fourth-order valence-corrected chi connectivity index (χ4v) is 1.41. The van der Waals surface area contributed by atoms with Gasteiger partial charge in [0.1, 0.15) is 5.75 Å². The highest BCUT2D eigenvalue weighted by molar-refractivity contribution is 5.47. The Hall–Kier alpha value is -2.03. The number of phenols is 1. The van der Waals surface area contributed by atoms with Crippen LogP contribution in [0.15, 0.2) is 42.6 Å². The Kier molecular flexibility index (Phi) is 3.05. The van der Waals surface area contributed by atoms with Gasteiger partial charge in [-0.2, -0.15) is 0 Å². The van der Waals surface area contributed by atoms with Gasteiger partial charge in [-0.3, -0.25) is 4.98 Å². The molecule has 2 aromatic rings. The minimum absolute atomic E-state index is 0.266. The Balaban J connectivity index is 1.99. The molecule has 0 saturated heterocycles. The van der Waals surface area contributed by atoms with Gasteiger partial charge in [-0.05, 0) is 30.7 Å². The van der Waals surface area contributed by atoms with Gasteiger partial charge in [-0.15, -0.1) is 0 Å². The molecule has 2 N–H and O–H groups in total. The van der Waals surface area contributed by atoms with E-state index in [0.717, 1.165) is 16.9 Å². The summed E-state index contributed by atoms with van der Waals surface area (Å²) >= 11 is 0. The number of benzene rings is 1. The Morgan fingerprint density at radius 1 is 1.25 bits per heavy atom. The number of hydrogen-bond donors (Lipinski definition) is 2. The largest absolute Gasteiger partial charge is 0.508 e. The summed E-state index contributed by atoms with van der Waals surface area (Å²) < 4.78 is 0. The summed E-state index contributed by atoms with van der Waals surface area (Å²) in [5.41, 5.74) is 3.03. The third-order valence-electron chi connectivity index (χ3n) is 2.29. The predicted octanol–water partition coefficient (Wildman–Crippen LogP) is 2.71. The van der Waals surface area contributed by atoms with Gasteiger partial charge in [0.05, 0.1) is 12.2 Å². The second-order valence-electron chi connectivity index (χ2n) is 3.73. The first-order valence-corrected chi connectivity index (χ1v) is 5.18. The van der Waals surface area contributed by atoms with E-state index in [2.05, 4.69) is 10.3 Å². The zero-order valence-corrected chi connectivity index (χ0v) is 9.14. The molecular weight excluding hydrogens is 200 g/mol. The Morgan fingerprint density at radius 2 is 2.12 bits per heavy atom. The van der Waals surface area contributed by atoms with E-state index in [1.54, 1.807) is 18.2 Å². The van der Waals surface area contributed by atoms with Gasteiger partial charge in [0.25, 0.3) is 0 Å². The van der Waals surface area contributed by atoms with Crippen LogP contribution in [0.2, 0.25) is 0 Å². The van der Waals surface area contributed by atoms with Crippen molar-refractivity contribution in [1.29, 1.82) is 0 Å². The molecule has 0 atom stereocenters. The maximum Gasteiger partial charge on any atom is 0.117 e. The van der Waals surface area contributed by atoms with Crippen molar-refractivity contribution in [2.45, 2.75) is 13.5 Å². The molecule has 1 aromatic carbocycles. The molecule has 0 radical (unpaired) electrons. The van der Waals surface area contributed by atoms with Crippen LogP contribution in [0.25, 0.3) is 0 Å². The van der Waals surface area contributed by atoms with Crippen LogP contribution in [-0.4, -0.2) is 10.1 Å². The number of phenolic OH excluding ortho intramolecular Hbond substituents is 1. The van der Waals surface area contributed by atoms with Crippen LogP contribution in [0.5, 0.6) is 5.75 Å².